The zero-order valence-electron chi connectivity index (χ0n) is 29.9. The molecule has 0 amide bonds. The molecule has 12 rings (SSSR count). The Kier molecular flexibility index (Phi) is 5.84. The first-order valence-corrected chi connectivity index (χ1v) is 18.7. The molecule has 0 bridgehead atoms. The van der Waals surface area contributed by atoms with E-state index in [1.807, 2.05) is 12.1 Å². The van der Waals surface area contributed by atoms with E-state index in [1.165, 1.54) is 55.2 Å². The molecular weight excluding hydrogens is 659 g/mol. The van der Waals surface area contributed by atoms with Gasteiger partial charge in [0.15, 0.2) is 0 Å². The standard InChI is InChI=1S/C51H33NO2/c1-51(2)42-18-6-3-15-39(42)48-43(51)24-23-38-37-17-10-16-34(49(37)54-50(38)48)32-11-9-12-33(27-32)52-44-19-7-4-13-35(44)40-28-30(21-25-45(40)52)31-22-26-47-41(29-31)36-14-5-8-20-46(36)53-47/h3-29H,1-2H3. The number of rotatable bonds is 3. The van der Waals surface area contributed by atoms with Gasteiger partial charge in [-0.2, -0.15) is 0 Å². The SMILES string of the molecule is CC1(C)c2ccccc2-c2c1ccc1c2oc2c(-c3cccc(-n4c5ccccc5c5cc(-c6ccc7oc8ccccc8c7c6)ccc54)c3)cccc21. The number of para-hydroxylation sites is 3. The van der Waals surface area contributed by atoms with Gasteiger partial charge in [0, 0.05) is 54.5 Å². The summed E-state index contributed by atoms with van der Waals surface area (Å²) in [5.74, 6) is 0. The van der Waals surface area contributed by atoms with Gasteiger partial charge in [0.2, 0.25) is 0 Å². The van der Waals surface area contributed by atoms with Gasteiger partial charge in [0.05, 0.1) is 11.0 Å². The quantitative estimate of drug-likeness (QED) is 0.185. The van der Waals surface area contributed by atoms with Gasteiger partial charge in [-0.3, -0.25) is 0 Å². The van der Waals surface area contributed by atoms with E-state index in [0.717, 1.165) is 60.7 Å². The molecule has 0 saturated heterocycles. The molecule has 3 heteroatoms. The van der Waals surface area contributed by atoms with E-state index in [9.17, 15) is 0 Å². The van der Waals surface area contributed by atoms with Crippen LogP contribution in [0.3, 0.4) is 0 Å². The lowest BCUT2D eigenvalue weighted by Crippen LogP contribution is -2.14. The summed E-state index contributed by atoms with van der Waals surface area (Å²) in [4.78, 5) is 0. The lowest BCUT2D eigenvalue weighted by Gasteiger charge is -2.21. The Morgan fingerprint density at radius 1 is 0.407 bits per heavy atom. The van der Waals surface area contributed by atoms with E-state index in [-0.39, 0.29) is 5.41 Å². The number of furan rings is 2. The molecule has 0 saturated carbocycles. The summed E-state index contributed by atoms with van der Waals surface area (Å²) in [5, 5.41) is 7.04. The van der Waals surface area contributed by atoms with E-state index in [4.69, 9.17) is 8.83 Å². The molecule has 1 aliphatic carbocycles. The maximum Gasteiger partial charge on any atom is 0.143 e. The molecule has 54 heavy (non-hydrogen) atoms. The summed E-state index contributed by atoms with van der Waals surface area (Å²) in [6.45, 7) is 4.64. The molecule has 0 atom stereocenters. The van der Waals surface area contributed by atoms with Crippen molar-refractivity contribution >= 4 is 65.7 Å². The Morgan fingerprint density at radius 2 is 1.09 bits per heavy atom. The lowest BCUT2D eigenvalue weighted by atomic mass is 9.82. The number of aromatic nitrogens is 1. The third kappa shape index (κ3) is 3.96. The van der Waals surface area contributed by atoms with Crippen molar-refractivity contribution in [1.29, 1.82) is 0 Å². The van der Waals surface area contributed by atoms with Crippen LogP contribution in [0.2, 0.25) is 0 Å². The highest BCUT2D eigenvalue weighted by Gasteiger charge is 2.37. The van der Waals surface area contributed by atoms with Crippen molar-refractivity contribution in [3.05, 3.63) is 175 Å². The fraction of sp³-hybridized carbons (Fsp3) is 0.0588. The van der Waals surface area contributed by atoms with Crippen LogP contribution in [0.5, 0.6) is 0 Å². The summed E-state index contributed by atoms with van der Waals surface area (Å²) in [7, 11) is 0. The lowest BCUT2D eigenvalue weighted by molar-refractivity contribution is 0.653. The van der Waals surface area contributed by atoms with Crippen LogP contribution in [0.4, 0.5) is 0 Å². The van der Waals surface area contributed by atoms with Crippen LogP contribution in [0.25, 0.3) is 105 Å². The fourth-order valence-electron chi connectivity index (χ4n) is 9.42. The van der Waals surface area contributed by atoms with Gasteiger partial charge in [-0.15, -0.1) is 0 Å². The van der Waals surface area contributed by atoms with Crippen LogP contribution >= 0.6 is 0 Å². The second kappa shape index (κ2) is 10.6. The van der Waals surface area contributed by atoms with Crippen LogP contribution in [0.1, 0.15) is 25.0 Å². The average Bonchev–Trinajstić information content (AvgIpc) is 3.94. The molecule has 0 N–H and O–H groups in total. The van der Waals surface area contributed by atoms with Crippen LogP contribution in [0.15, 0.2) is 173 Å². The summed E-state index contributed by atoms with van der Waals surface area (Å²) in [6.07, 6.45) is 0. The van der Waals surface area contributed by atoms with E-state index in [1.54, 1.807) is 0 Å². The minimum atomic E-state index is -0.0817. The minimum absolute atomic E-state index is 0.0817. The van der Waals surface area contributed by atoms with Gasteiger partial charge in [-0.05, 0) is 81.9 Å². The largest absolute Gasteiger partial charge is 0.456 e. The number of nitrogens with zero attached hydrogens (tertiary/aromatic N) is 1. The van der Waals surface area contributed by atoms with Crippen molar-refractivity contribution in [2.75, 3.05) is 0 Å². The Balaban J connectivity index is 1.02. The maximum atomic E-state index is 6.99. The van der Waals surface area contributed by atoms with Crippen LogP contribution in [-0.2, 0) is 5.41 Å². The van der Waals surface area contributed by atoms with Crippen molar-refractivity contribution < 1.29 is 8.83 Å². The number of hydrogen-bond donors (Lipinski definition) is 0. The predicted molar refractivity (Wildman–Crippen MR) is 224 cm³/mol. The topological polar surface area (TPSA) is 31.2 Å². The molecule has 0 unspecified atom stereocenters. The summed E-state index contributed by atoms with van der Waals surface area (Å²) in [6, 6.07) is 59.2. The average molecular weight is 692 g/mol. The normalized spacial score (nSPS) is 13.5. The zero-order chi connectivity index (χ0) is 35.7. The Morgan fingerprint density at radius 3 is 2.02 bits per heavy atom. The molecular formula is C51H33NO2. The molecule has 3 heterocycles. The molecule has 0 spiro atoms. The molecule has 0 radical (unpaired) electrons. The van der Waals surface area contributed by atoms with Crippen LogP contribution in [0, 0.1) is 0 Å². The molecule has 254 valence electrons. The van der Waals surface area contributed by atoms with Gasteiger partial charge in [0.25, 0.3) is 0 Å². The highest BCUT2D eigenvalue weighted by Crippen LogP contribution is 2.53. The van der Waals surface area contributed by atoms with Crippen molar-refractivity contribution in [2.24, 2.45) is 0 Å². The molecule has 8 aromatic carbocycles. The first-order valence-electron chi connectivity index (χ1n) is 18.7. The summed E-state index contributed by atoms with van der Waals surface area (Å²) < 4.78 is 15.5. The van der Waals surface area contributed by atoms with Crippen molar-refractivity contribution in [2.45, 2.75) is 19.3 Å². The summed E-state index contributed by atoms with van der Waals surface area (Å²) >= 11 is 0. The molecule has 1 aliphatic rings. The van der Waals surface area contributed by atoms with Gasteiger partial charge in [0.1, 0.15) is 22.3 Å². The summed E-state index contributed by atoms with van der Waals surface area (Å²) in [5.41, 5.74) is 16.9. The molecule has 3 aromatic heterocycles. The van der Waals surface area contributed by atoms with E-state index in [0.29, 0.717) is 0 Å². The predicted octanol–water partition coefficient (Wildman–Crippen LogP) is 14.2. The van der Waals surface area contributed by atoms with Crippen molar-refractivity contribution in [1.82, 2.24) is 4.57 Å². The number of hydrogen-bond acceptors (Lipinski definition) is 2. The third-order valence-electron chi connectivity index (χ3n) is 12.0. The molecule has 0 fully saturated rings. The Hall–Kier alpha value is -6.84. The zero-order valence-corrected chi connectivity index (χ0v) is 29.9. The number of fused-ring (bicyclic) bond motifs is 13. The first kappa shape index (κ1) is 29.7. The highest BCUT2D eigenvalue weighted by molar-refractivity contribution is 6.15. The van der Waals surface area contributed by atoms with E-state index >= 15 is 0 Å². The molecule has 11 aromatic rings. The Bertz CT molecular complexity index is 3370. The second-order valence-corrected chi connectivity index (χ2v) is 15.3. The van der Waals surface area contributed by atoms with Gasteiger partial charge >= 0.3 is 0 Å². The second-order valence-electron chi connectivity index (χ2n) is 15.3. The highest BCUT2D eigenvalue weighted by atomic mass is 16.3. The monoisotopic (exact) mass is 691 g/mol. The van der Waals surface area contributed by atoms with Gasteiger partial charge in [-0.25, -0.2) is 0 Å². The van der Waals surface area contributed by atoms with E-state index < -0.39 is 0 Å². The number of benzene rings is 8. The van der Waals surface area contributed by atoms with E-state index in [2.05, 4.69) is 170 Å². The van der Waals surface area contributed by atoms with Crippen molar-refractivity contribution in [3.63, 3.8) is 0 Å². The Labute approximate surface area is 311 Å². The fourth-order valence-corrected chi connectivity index (χ4v) is 9.42. The van der Waals surface area contributed by atoms with Crippen LogP contribution < -0.4 is 0 Å². The first-order chi connectivity index (χ1) is 26.5. The van der Waals surface area contributed by atoms with Crippen molar-refractivity contribution in [3.8, 4) is 39.1 Å². The third-order valence-corrected chi connectivity index (χ3v) is 12.0. The molecule has 3 nitrogen and oxygen atoms in total. The molecule has 0 aliphatic heterocycles. The van der Waals surface area contributed by atoms with Gasteiger partial charge in [-0.1, -0.05) is 129 Å². The van der Waals surface area contributed by atoms with Crippen LogP contribution in [-0.4, -0.2) is 4.57 Å². The van der Waals surface area contributed by atoms with Gasteiger partial charge < -0.3 is 13.4 Å². The minimum Gasteiger partial charge on any atom is -0.456 e. The smallest absolute Gasteiger partial charge is 0.143 e. The maximum absolute atomic E-state index is 6.99.